The number of fused-ring (bicyclic) bond motifs is 1. The largest absolute Gasteiger partial charge is 0.353 e. The van der Waals surface area contributed by atoms with E-state index in [1.54, 1.807) is 0 Å². The fourth-order valence-corrected chi connectivity index (χ4v) is 2.82. The Bertz CT molecular complexity index is 657. The van der Waals surface area contributed by atoms with Crippen molar-refractivity contribution in [3.8, 4) is 0 Å². The first-order valence-electron chi connectivity index (χ1n) is 7.79. The lowest BCUT2D eigenvalue weighted by molar-refractivity contribution is 0.192. The predicted molar refractivity (Wildman–Crippen MR) is 89.2 cm³/mol. The van der Waals surface area contributed by atoms with Gasteiger partial charge in [-0.1, -0.05) is 24.3 Å². The third-order valence-electron chi connectivity index (χ3n) is 3.93. The Balaban J connectivity index is 1.72. The number of anilines is 1. The van der Waals surface area contributed by atoms with Crippen molar-refractivity contribution in [1.82, 2.24) is 15.2 Å². The summed E-state index contributed by atoms with van der Waals surface area (Å²) in [6.45, 7) is 7.04. The molecule has 0 unspecified atom stereocenters. The summed E-state index contributed by atoms with van der Waals surface area (Å²) < 4.78 is 0. The molecule has 0 radical (unpaired) electrons. The van der Waals surface area contributed by atoms with Gasteiger partial charge in [-0.15, -0.1) is 0 Å². The number of hydrogen-bond acceptors (Lipinski definition) is 3. The molecule has 0 saturated carbocycles. The van der Waals surface area contributed by atoms with Gasteiger partial charge in [-0.25, -0.2) is 9.78 Å². The fourth-order valence-electron chi connectivity index (χ4n) is 2.82. The SMILES string of the molecule is CC(C)NC(=O)N1CCN(c2nccc3ccccc23)CC1. The zero-order chi connectivity index (χ0) is 15.5. The molecule has 5 heteroatoms. The quantitative estimate of drug-likeness (QED) is 0.926. The smallest absolute Gasteiger partial charge is 0.317 e. The molecule has 1 N–H and O–H groups in total. The van der Waals surface area contributed by atoms with Gasteiger partial charge >= 0.3 is 6.03 Å². The first-order valence-corrected chi connectivity index (χ1v) is 7.79. The Morgan fingerprint density at radius 3 is 2.59 bits per heavy atom. The minimum absolute atomic E-state index is 0.0283. The van der Waals surface area contributed by atoms with Gasteiger partial charge in [0.05, 0.1) is 0 Å². The van der Waals surface area contributed by atoms with E-state index >= 15 is 0 Å². The molecule has 1 aromatic heterocycles. The van der Waals surface area contributed by atoms with Gasteiger partial charge in [0.2, 0.25) is 0 Å². The van der Waals surface area contributed by atoms with E-state index in [1.807, 2.05) is 43.1 Å². The number of amides is 2. The van der Waals surface area contributed by atoms with Crippen molar-refractivity contribution in [2.75, 3.05) is 31.1 Å². The maximum Gasteiger partial charge on any atom is 0.317 e. The molecule has 0 spiro atoms. The topological polar surface area (TPSA) is 48.5 Å². The number of hydrogen-bond donors (Lipinski definition) is 1. The number of nitrogens with one attached hydrogen (secondary N) is 1. The minimum atomic E-state index is 0.0283. The van der Waals surface area contributed by atoms with Gasteiger partial charge in [0.15, 0.2) is 0 Å². The summed E-state index contributed by atoms with van der Waals surface area (Å²) in [6.07, 6.45) is 1.86. The van der Waals surface area contributed by atoms with Crippen LogP contribution in [0.3, 0.4) is 0 Å². The Morgan fingerprint density at radius 1 is 1.14 bits per heavy atom. The zero-order valence-electron chi connectivity index (χ0n) is 13.1. The molecule has 0 atom stereocenters. The summed E-state index contributed by atoms with van der Waals surface area (Å²) in [7, 11) is 0. The van der Waals surface area contributed by atoms with E-state index in [-0.39, 0.29) is 12.1 Å². The molecule has 116 valence electrons. The van der Waals surface area contributed by atoms with E-state index < -0.39 is 0 Å². The number of carbonyl (C=O) groups is 1. The summed E-state index contributed by atoms with van der Waals surface area (Å²) in [4.78, 5) is 20.7. The highest BCUT2D eigenvalue weighted by Gasteiger charge is 2.22. The second-order valence-electron chi connectivity index (χ2n) is 5.93. The average molecular weight is 298 g/mol. The predicted octanol–water partition coefficient (Wildman–Crippen LogP) is 2.47. The van der Waals surface area contributed by atoms with Crippen LogP contribution in [0.1, 0.15) is 13.8 Å². The molecule has 1 fully saturated rings. The lowest BCUT2D eigenvalue weighted by atomic mass is 10.1. The maximum atomic E-state index is 12.0. The van der Waals surface area contributed by atoms with Gasteiger partial charge < -0.3 is 15.1 Å². The van der Waals surface area contributed by atoms with Crippen molar-refractivity contribution in [3.05, 3.63) is 36.5 Å². The Hall–Kier alpha value is -2.30. The van der Waals surface area contributed by atoms with Gasteiger partial charge in [0.1, 0.15) is 5.82 Å². The number of urea groups is 1. The van der Waals surface area contributed by atoms with Crippen LogP contribution in [0.25, 0.3) is 10.8 Å². The van der Waals surface area contributed by atoms with Crippen LogP contribution in [-0.4, -0.2) is 48.1 Å². The lowest BCUT2D eigenvalue weighted by Gasteiger charge is -2.36. The summed E-state index contributed by atoms with van der Waals surface area (Å²) in [5.41, 5.74) is 0. The molecule has 2 heterocycles. The molecule has 1 saturated heterocycles. The molecule has 1 aliphatic heterocycles. The highest BCUT2D eigenvalue weighted by atomic mass is 16.2. The number of benzene rings is 1. The summed E-state index contributed by atoms with van der Waals surface area (Å²) in [5, 5.41) is 5.32. The molecule has 2 amide bonds. The molecule has 22 heavy (non-hydrogen) atoms. The Labute approximate surface area is 130 Å². The van der Waals surface area contributed by atoms with E-state index in [1.165, 1.54) is 10.8 Å². The second-order valence-corrected chi connectivity index (χ2v) is 5.93. The zero-order valence-corrected chi connectivity index (χ0v) is 13.1. The molecular formula is C17H22N4O. The second kappa shape index (κ2) is 6.22. The van der Waals surface area contributed by atoms with Crippen LogP contribution in [0.2, 0.25) is 0 Å². The molecule has 0 aliphatic carbocycles. The molecule has 1 aromatic carbocycles. The van der Waals surface area contributed by atoms with E-state index in [4.69, 9.17) is 0 Å². The normalized spacial score (nSPS) is 15.4. The van der Waals surface area contributed by atoms with Gasteiger partial charge in [-0.3, -0.25) is 0 Å². The summed E-state index contributed by atoms with van der Waals surface area (Å²) in [5.74, 6) is 1.02. The van der Waals surface area contributed by atoms with Crippen LogP contribution >= 0.6 is 0 Å². The van der Waals surface area contributed by atoms with Crippen molar-refractivity contribution >= 4 is 22.6 Å². The maximum absolute atomic E-state index is 12.0. The van der Waals surface area contributed by atoms with Crippen LogP contribution in [0.4, 0.5) is 10.6 Å². The number of nitrogens with zero attached hydrogens (tertiary/aromatic N) is 3. The molecule has 0 bridgehead atoms. The highest BCUT2D eigenvalue weighted by Crippen LogP contribution is 2.24. The van der Waals surface area contributed by atoms with Crippen LogP contribution < -0.4 is 10.2 Å². The first-order chi connectivity index (χ1) is 10.6. The van der Waals surface area contributed by atoms with Gasteiger partial charge in [-0.05, 0) is 25.3 Å². The van der Waals surface area contributed by atoms with Crippen molar-refractivity contribution in [1.29, 1.82) is 0 Å². The van der Waals surface area contributed by atoms with Gasteiger partial charge in [0.25, 0.3) is 0 Å². The van der Waals surface area contributed by atoms with Crippen LogP contribution in [0.5, 0.6) is 0 Å². The number of rotatable bonds is 2. The molecule has 1 aliphatic rings. The number of aromatic nitrogens is 1. The van der Waals surface area contributed by atoms with E-state index in [0.29, 0.717) is 0 Å². The van der Waals surface area contributed by atoms with Gasteiger partial charge in [-0.2, -0.15) is 0 Å². The number of pyridine rings is 1. The number of carbonyl (C=O) groups excluding carboxylic acids is 1. The van der Waals surface area contributed by atoms with Crippen LogP contribution in [-0.2, 0) is 0 Å². The van der Waals surface area contributed by atoms with Crippen LogP contribution in [0.15, 0.2) is 36.5 Å². The van der Waals surface area contributed by atoms with Crippen molar-refractivity contribution in [2.45, 2.75) is 19.9 Å². The lowest BCUT2D eigenvalue weighted by Crippen LogP contribution is -2.53. The van der Waals surface area contributed by atoms with E-state index in [9.17, 15) is 4.79 Å². The van der Waals surface area contributed by atoms with Crippen LogP contribution in [0, 0.1) is 0 Å². The third kappa shape index (κ3) is 2.98. The van der Waals surface area contributed by atoms with E-state index in [0.717, 1.165) is 32.0 Å². The number of piperazine rings is 1. The molecule has 3 rings (SSSR count). The van der Waals surface area contributed by atoms with Crippen molar-refractivity contribution in [3.63, 3.8) is 0 Å². The minimum Gasteiger partial charge on any atom is -0.353 e. The highest BCUT2D eigenvalue weighted by molar-refractivity contribution is 5.92. The molecule has 5 nitrogen and oxygen atoms in total. The monoisotopic (exact) mass is 298 g/mol. The first kappa shape index (κ1) is 14.6. The Kier molecular flexibility index (Phi) is 4.13. The molecular weight excluding hydrogens is 276 g/mol. The standard InChI is InChI=1S/C17H22N4O/c1-13(2)19-17(22)21-11-9-20(10-12-21)16-15-6-4-3-5-14(15)7-8-18-16/h3-8,13H,9-12H2,1-2H3,(H,19,22). The Morgan fingerprint density at radius 2 is 1.86 bits per heavy atom. The fraction of sp³-hybridized carbons (Fsp3) is 0.412. The summed E-state index contributed by atoms with van der Waals surface area (Å²) >= 11 is 0. The third-order valence-corrected chi connectivity index (χ3v) is 3.93. The average Bonchev–Trinajstić information content (AvgIpc) is 2.54. The van der Waals surface area contributed by atoms with Crippen molar-refractivity contribution in [2.24, 2.45) is 0 Å². The summed E-state index contributed by atoms with van der Waals surface area (Å²) in [6, 6.07) is 10.5. The van der Waals surface area contributed by atoms with E-state index in [2.05, 4.69) is 27.3 Å². The van der Waals surface area contributed by atoms with Crippen molar-refractivity contribution < 1.29 is 4.79 Å². The van der Waals surface area contributed by atoms with Gasteiger partial charge in [0, 0.05) is 43.8 Å². The molecule has 2 aromatic rings.